The maximum atomic E-state index is 14.9. The molecule has 0 spiro atoms. The van der Waals surface area contributed by atoms with Crippen molar-refractivity contribution in [3.63, 3.8) is 0 Å². The normalized spacial score (nSPS) is 16.7. The molecule has 19 heteroatoms. The van der Waals surface area contributed by atoms with Crippen LogP contribution in [0.25, 0.3) is 0 Å². The van der Waals surface area contributed by atoms with Crippen LogP contribution in [0.5, 0.6) is 0 Å². The average Bonchev–Trinajstić information content (AvgIpc) is 3.58. The predicted molar refractivity (Wildman–Crippen MR) is 153 cm³/mol. The number of nitrogens with zero attached hydrogens (tertiary/aromatic N) is 4. The number of furan rings is 1. The van der Waals surface area contributed by atoms with E-state index in [9.17, 15) is 38.5 Å². The van der Waals surface area contributed by atoms with Gasteiger partial charge in [-0.1, -0.05) is 0 Å². The van der Waals surface area contributed by atoms with Crippen LogP contribution in [0.2, 0.25) is 0 Å². The summed E-state index contributed by atoms with van der Waals surface area (Å²) >= 11 is 0. The lowest BCUT2D eigenvalue weighted by Gasteiger charge is -2.36. The molecular weight excluding hydrogens is 621 g/mol. The molecule has 2 aliphatic heterocycles. The zero-order chi connectivity index (χ0) is 34.2. The largest absolute Gasteiger partial charge is 0.481 e. The molecule has 0 radical (unpaired) electrons. The quantitative estimate of drug-likeness (QED) is 0.157. The molecule has 2 fully saturated rings. The number of halogens is 1. The van der Waals surface area contributed by atoms with E-state index >= 15 is 0 Å². The number of ether oxygens (including phenoxy) is 1. The lowest BCUT2D eigenvalue weighted by atomic mass is 9.96. The third-order valence-electron chi connectivity index (χ3n) is 6.90. The smallest absolute Gasteiger partial charge is 0.433 e. The first kappa shape index (κ1) is 35.2. The fourth-order valence-electron chi connectivity index (χ4n) is 4.65. The number of nitro groups is 1. The lowest BCUT2D eigenvalue weighted by Crippen LogP contribution is -2.46. The van der Waals surface area contributed by atoms with Gasteiger partial charge in [0.2, 0.25) is 5.91 Å². The lowest BCUT2D eigenvalue weighted by molar-refractivity contribution is -0.402. The first-order valence-corrected chi connectivity index (χ1v) is 13.7. The van der Waals surface area contributed by atoms with E-state index in [0.29, 0.717) is 49.9 Å². The van der Waals surface area contributed by atoms with Crippen LogP contribution in [-0.2, 0) is 30.5 Å². The Morgan fingerprint density at radius 1 is 1.07 bits per heavy atom. The van der Waals surface area contributed by atoms with Crippen LogP contribution in [0, 0.1) is 15.9 Å². The van der Waals surface area contributed by atoms with Crippen molar-refractivity contribution >= 4 is 47.2 Å². The summed E-state index contributed by atoms with van der Waals surface area (Å²) in [4.78, 5) is 69.2. The molecule has 46 heavy (non-hydrogen) atoms. The van der Waals surface area contributed by atoms with Gasteiger partial charge in [-0.15, -0.1) is 0 Å². The highest BCUT2D eigenvalue weighted by molar-refractivity contribution is 5.90. The van der Waals surface area contributed by atoms with Gasteiger partial charge in [-0.25, -0.2) is 14.0 Å². The Balaban J connectivity index is 0.000000376. The third-order valence-corrected chi connectivity index (χ3v) is 6.90. The van der Waals surface area contributed by atoms with E-state index in [4.69, 9.17) is 29.6 Å². The van der Waals surface area contributed by atoms with Gasteiger partial charge in [0.25, 0.3) is 0 Å². The molecule has 1 aromatic heterocycles. The summed E-state index contributed by atoms with van der Waals surface area (Å²) in [6, 6.07) is 7.55. The number of hydrogen-bond acceptors (Lipinski definition) is 12. The Morgan fingerprint density at radius 3 is 2.20 bits per heavy atom. The van der Waals surface area contributed by atoms with Crippen molar-refractivity contribution in [2.45, 2.75) is 38.0 Å². The third kappa shape index (κ3) is 9.60. The molecule has 250 valence electrons. The molecule has 1 aromatic carbocycles. The van der Waals surface area contributed by atoms with Gasteiger partial charge >= 0.3 is 29.9 Å². The van der Waals surface area contributed by atoms with Gasteiger partial charge in [0, 0.05) is 33.1 Å². The molecule has 2 saturated heterocycles. The number of anilines is 2. The van der Waals surface area contributed by atoms with Gasteiger partial charge in [0.15, 0.2) is 5.60 Å². The van der Waals surface area contributed by atoms with Crippen LogP contribution >= 0.6 is 0 Å². The minimum Gasteiger partial charge on any atom is -0.481 e. The summed E-state index contributed by atoms with van der Waals surface area (Å²) in [5.41, 5.74) is -1.91. The van der Waals surface area contributed by atoms with Gasteiger partial charge in [0.05, 0.1) is 49.9 Å². The van der Waals surface area contributed by atoms with Gasteiger partial charge in [-0.05, 0) is 24.3 Å². The monoisotopic (exact) mass is 653 g/mol. The second-order valence-electron chi connectivity index (χ2n) is 10.4. The molecule has 1 atom stereocenters. The molecular formula is C27H32FN5O13. The number of aliphatic hydroxyl groups is 1. The maximum Gasteiger partial charge on any atom is 0.433 e. The summed E-state index contributed by atoms with van der Waals surface area (Å²) < 4.78 is 25.4. The number of carboxylic acids is 3. The number of carboxylic acid groups (broad SMARTS) is 3. The first-order valence-electron chi connectivity index (χ1n) is 13.7. The Morgan fingerprint density at radius 2 is 1.70 bits per heavy atom. The van der Waals surface area contributed by atoms with Crippen molar-refractivity contribution in [2.75, 3.05) is 49.1 Å². The minimum absolute atomic E-state index is 0.202. The molecule has 2 amide bonds. The van der Waals surface area contributed by atoms with E-state index in [1.807, 2.05) is 4.90 Å². The van der Waals surface area contributed by atoms with E-state index in [2.05, 4.69) is 10.2 Å². The van der Waals surface area contributed by atoms with Gasteiger partial charge in [0.1, 0.15) is 22.6 Å². The summed E-state index contributed by atoms with van der Waals surface area (Å²) in [5.74, 6) is -5.45. The molecule has 2 aromatic rings. The summed E-state index contributed by atoms with van der Waals surface area (Å²) in [6.45, 7) is 4.67. The Labute approximate surface area is 259 Å². The second-order valence-corrected chi connectivity index (χ2v) is 10.4. The SMILES string of the molecule is CC(=O)NC[C@H]1CN(c2ccc(N3CCN(Cc4ccc([N+](=O)[O-])o4)CC3)c(F)c2)C(=O)O1.O=C(O)CC(O)(CC(=O)O)C(=O)O. The fourth-order valence-corrected chi connectivity index (χ4v) is 4.65. The number of amides is 2. The first-order chi connectivity index (χ1) is 21.6. The van der Waals surface area contributed by atoms with Crippen LogP contribution < -0.4 is 15.1 Å². The number of cyclic esters (lactones) is 1. The summed E-state index contributed by atoms with van der Waals surface area (Å²) in [7, 11) is 0. The Kier molecular flexibility index (Phi) is 11.6. The van der Waals surface area contributed by atoms with Crippen LogP contribution in [0.4, 0.5) is 26.4 Å². The average molecular weight is 654 g/mol. The van der Waals surface area contributed by atoms with Crippen molar-refractivity contribution in [2.24, 2.45) is 0 Å². The van der Waals surface area contributed by atoms with Crippen LogP contribution in [-0.4, -0.2) is 111 Å². The van der Waals surface area contributed by atoms with Crippen LogP contribution in [0.3, 0.4) is 0 Å². The van der Waals surface area contributed by atoms with E-state index in [1.165, 1.54) is 24.0 Å². The van der Waals surface area contributed by atoms with Gasteiger partial charge < -0.3 is 39.8 Å². The summed E-state index contributed by atoms with van der Waals surface area (Å²) in [6.07, 6.45) is -3.36. The van der Waals surface area contributed by atoms with Gasteiger partial charge in [-0.3, -0.25) is 34.3 Å². The number of carbonyl (C=O) groups excluding carboxylic acids is 2. The van der Waals surface area contributed by atoms with Crippen LogP contribution in [0.15, 0.2) is 34.7 Å². The highest BCUT2D eigenvalue weighted by Crippen LogP contribution is 2.29. The number of aliphatic carboxylic acids is 3. The van der Waals surface area contributed by atoms with Crippen molar-refractivity contribution in [1.29, 1.82) is 0 Å². The van der Waals surface area contributed by atoms with Crippen molar-refractivity contribution in [3.05, 3.63) is 52.0 Å². The second kappa shape index (κ2) is 15.1. The number of piperazine rings is 1. The zero-order valence-corrected chi connectivity index (χ0v) is 24.5. The molecule has 0 unspecified atom stereocenters. The number of nitrogens with one attached hydrogen (secondary N) is 1. The number of rotatable bonds is 12. The Bertz CT molecular complexity index is 1460. The summed E-state index contributed by atoms with van der Waals surface area (Å²) in [5, 5.41) is 47.2. The predicted octanol–water partition coefficient (Wildman–Crippen LogP) is 0.862. The molecule has 0 bridgehead atoms. The van der Waals surface area contributed by atoms with E-state index < -0.39 is 59.3 Å². The highest BCUT2D eigenvalue weighted by atomic mass is 19.1. The van der Waals surface area contributed by atoms with E-state index in [-0.39, 0.29) is 24.9 Å². The van der Waals surface area contributed by atoms with E-state index in [1.54, 1.807) is 18.2 Å². The maximum absolute atomic E-state index is 14.9. The Hall–Kier alpha value is -5.30. The molecule has 3 heterocycles. The highest BCUT2D eigenvalue weighted by Gasteiger charge is 2.41. The van der Waals surface area contributed by atoms with Crippen LogP contribution in [0.1, 0.15) is 25.5 Å². The zero-order valence-electron chi connectivity index (χ0n) is 24.5. The van der Waals surface area contributed by atoms with Crippen molar-refractivity contribution in [3.8, 4) is 0 Å². The molecule has 18 nitrogen and oxygen atoms in total. The topological polar surface area (TPSA) is 254 Å². The van der Waals surface area contributed by atoms with Gasteiger partial charge in [-0.2, -0.15) is 0 Å². The van der Waals surface area contributed by atoms with Crippen molar-refractivity contribution < 1.29 is 62.9 Å². The molecule has 0 saturated carbocycles. The molecule has 4 rings (SSSR count). The number of carbonyl (C=O) groups is 5. The standard InChI is InChI=1S/C21H24FN5O6.C6H8O7/c1-14(28)23-11-17-13-26(21(29)33-17)15-2-4-19(18(22)10-15)25-8-6-24(7-9-25)12-16-3-5-20(32-16)27(30)31;7-3(8)1-6(13,5(11)12)2-4(9)10/h2-5,10,17H,6-9,11-13H2,1H3,(H,23,28);13H,1-2H2,(H,7,8)(H,9,10)(H,11,12)/t17-;/m0./s1. The molecule has 0 aliphatic carbocycles. The van der Waals surface area contributed by atoms with E-state index in [0.717, 1.165) is 0 Å². The fraction of sp³-hybridized carbons (Fsp3) is 0.444. The van der Waals surface area contributed by atoms with Crippen molar-refractivity contribution in [1.82, 2.24) is 10.2 Å². The minimum atomic E-state index is -2.74. The number of hydrogen-bond donors (Lipinski definition) is 5. The number of benzene rings is 1. The molecule has 5 N–H and O–H groups in total. The molecule has 2 aliphatic rings.